The molecule has 526 valence electrons. The van der Waals surface area contributed by atoms with Gasteiger partial charge in [-0.3, -0.25) is 43.7 Å². The largest absolute Gasteiger partial charge is 0.348 e. The average Bonchev–Trinajstić information content (AvgIpc) is 1.65. The summed E-state index contributed by atoms with van der Waals surface area (Å²) in [5.74, 6) is 0.0132. The van der Waals surface area contributed by atoms with Crippen molar-refractivity contribution in [2.45, 2.75) is 47.0 Å². The first-order valence-electron chi connectivity index (χ1n) is 33.3. The Morgan fingerprint density at radius 2 is 0.755 bits per heavy atom. The Bertz CT molecular complexity index is 4990. The molecular formula is C82H72N18O6. The molecule has 0 atom stereocenters. The lowest BCUT2D eigenvalue weighted by Crippen LogP contribution is -2.22. The van der Waals surface area contributed by atoms with E-state index in [1.165, 1.54) is 18.2 Å². The fourth-order valence-electron chi connectivity index (χ4n) is 10.6. The van der Waals surface area contributed by atoms with Crippen molar-refractivity contribution in [2.24, 2.45) is 0 Å². The molecule has 1 aliphatic rings. The highest BCUT2D eigenvalue weighted by molar-refractivity contribution is 6.06. The quantitative estimate of drug-likeness (QED) is 0.0292. The van der Waals surface area contributed by atoms with Gasteiger partial charge in [0.05, 0.1) is 17.1 Å². The minimum Gasteiger partial charge on any atom is -0.348 e. The topological polar surface area (TPSA) is 318 Å². The summed E-state index contributed by atoms with van der Waals surface area (Å²) in [4.78, 5) is 114. The van der Waals surface area contributed by atoms with E-state index in [4.69, 9.17) is 0 Å². The molecule has 0 bridgehead atoms. The van der Waals surface area contributed by atoms with Crippen LogP contribution in [0.2, 0.25) is 0 Å². The van der Waals surface area contributed by atoms with Crippen LogP contribution in [0.15, 0.2) is 270 Å². The van der Waals surface area contributed by atoms with Crippen LogP contribution in [0.4, 0.5) is 52.0 Å². The molecule has 0 radical (unpaired) electrons. The van der Waals surface area contributed by atoms with Gasteiger partial charge in [0.1, 0.15) is 0 Å². The van der Waals surface area contributed by atoms with Crippen LogP contribution >= 0.6 is 0 Å². The molecule has 13 rings (SSSR count). The Balaban J connectivity index is 0.000000159. The third kappa shape index (κ3) is 19.9. The molecule has 0 unspecified atom stereocenters. The third-order valence-corrected chi connectivity index (χ3v) is 16.5. The second-order valence-corrected chi connectivity index (χ2v) is 24.0. The number of hydrogen-bond acceptors (Lipinski definition) is 18. The number of fused-ring (bicyclic) bond motifs is 1. The second kappa shape index (κ2) is 35.2. The van der Waals surface area contributed by atoms with Crippen LogP contribution < -0.4 is 42.5 Å². The van der Waals surface area contributed by atoms with Crippen molar-refractivity contribution in [2.75, 3.05) is 31.9 Å². The summed E-state index contributed by atoms with van der Waals surface area (Å²) >= 11 is 0. The summed E-state index contributed by atoms with van der Waals surface area (Å²) in [6, 6.07) is 53.2. The number of amides is 6. The summed E-state index contributed by atoms with van der Waals surface area (Å²) in [6.07, 6.45) is 19.2. The average molecular weight is 1410 g/mol. The van der Waals surface area contributed by atoms with E-state index in [0.29, 0.717) is 77.8 Å². The van der Waals surface area contributed by atoms with Crippen molar-refractivity contribution in [1.29, 1.82) is 0 Å². The summed E-state index contributed by atoms with van der Waals surface area (Å²) in [6.45, 7) is 18.0. The van der Waals surface area contributed by atoms with Gasteiger partial charge in [-0.2, -0.15) is 0 Å². The molecular weight excluding hydrogens is 1330 g/mol. The van der Waals surface area contributed by atoms with Gasteiger partial charge < -0.3 is 47.4 Å². The van der Waals surface area contributed by atoms with E-state index in [-0.39, 0.29) is 35.4 Å². The number of nitrogens with zero attached hydrogens (tertiary/aromatic N) is 10. The molecule has 0 fully saturated rings. The number of aromatic nitrogens is 9. The van der Waals surface area contributed by atoms with E-state index in [1.807, 2.05) is 142 Å². The lowest BCUT2D eigenvalue weighted by Gasteiger charge is -2.12. The van der Waals surface area contributed by atoms with Crippen LogP contribution in [0.1, 0.15) is 70.0 Å². The maximum absolute atomic E-state index is 13.0. The van der Waals surface area contributed by atoms with Crippen LogP contribution in [0, 0.1) is 20.8 Å². The first-order valence-corrected chi connectivity index (χ1v) is 33.3. The summed E-state index contributed by atoms with van der Waals surface area (Å²) in [5.41, 5.74) is 17.4. The van der Waals surface area contributed by atoms with Crippen LogP contribution in [-0.4, -0.2) is 85.2 Å². The number of aryl methyl sites for hydroxylation is 3. The monoisotopic (exact) mass is 1400 g/mol. The Hall–Kier alpha value is -14.6. The van der Waals surface area contributed by atoms with Crippen molar-refractivity contribution < 1.29 is 28.8 Å². The Kier molecular flexibility index (Phi) is 24.1. The van der Waals surface area contributed by atoms with Gasteiger partial charge in [0.2, 0.25) is 35.6 Å². The smallest absolute Gasteiger partial charge is 0.255 e. The van der Waals surface area contributed by atoms with Gasteiger partial charge in [0.15, 0.2) is 0 Å². The molecule has 8 N–H and O–H groups in total. The molecule has 24 nitrogen and oxygen atoms in total. The molecule has 0 saturated carbocycles. The molecule has 0 spiro atoms. The molecule has 106 heavy (non-hydrogen) atoms. The third-order valence-electron chi connectivity index (χ3n) is 16.5. The zero-order valence-corrected chi connectivity index (χ0v) is 58.0. The highest BCUT2D eigenvalue weighted by Gasteiger charge is 2.23. The molecule has 1 aliphatic heterocycles. The van der Waals surface area contributed by atoms with E-state index < -0.39 is 0 Å². The van der Waals surface area contributed by atoms with Gasteiger partial charge in [-0.15, -0.1) is 0 Å². The zero-order chi connectivity index (χ0) is 74.3. The number of hydrogen-bond donors (Lipinski definition) is 8. The first-order chi connectivity index (χ1) is 51.5. The number of pyridine rings is 3. The van der Waals surface area contributed by atoms with E-state index >= 15 is 0 Å². The Morgan fingerprint density at radius 1 is 0.396 bits per heavy atom. The minimum absolute atomic E-state index is 0.119. The van der Waals surface area contributed by atoms with E-state index in [9.17, 15) is 28.8 Å². The van der Waals surface area contributed by atoms with Crippen LogP contribution in [0.3, 0.4) is 0 Å². The highest BCUT2D eigenvalue weighted by Crippen LogP contribution is 2.30. The van der Waals surface area contributed by atoms with E-state index in [1.54, 1.807) is 115 Å². The minimum atomic E-state index is -0.246. The second-order valence-electron chi connectivity index (χ2n) is 24.0. The highest BCUT2D eigenvalue weighted by atomic mass is 16.2. The number of carbonyl (C=O) groups is 6. The molecule has 0 aliphatic carbocycles. The van der Waals surface area contributed by atoms with Crippen LogP contribution in [-0.2, 0) is 40.6 Å². The van der Waals surface area contributed by atoms with Gasteiger partial charge in [0, 0.05) is 149 Å². The summed E-state index contributed by atoms with van der Waals surface area (Å²) in [5, 5.41) is 23.9. The van der Waals surface area contributed by atoms with Gasteiger partial charge in [-0.05, 0) is 205 Å². The number of anilines is 9. The zero-order valence-electron chi connectivity index (χ0n) is 58.0. The fourth-order valence-corrected chi connectivity index (χ4v) is 10.6. The first kappa shape index (κ1) is 72.7. The van der Waals surface area contributed by atoms with E-state index in [2.05, 4.69) is 107 Å². The van der Waals surface area contributed by atoms with Gasteiger partial charge in [-0.1, -0.05) is 68.3 Å². The lowest BCUT2D eigenvalue weighted by molar-refractivity contribution is -0.126. The van der Waals surface area contributed by atoms with Crippen molar-refractivity contribution in [3.8, 4) is 33.8 Å². The van der Waals surface area contributed by atoms with Crippen molar-refractivity contribution >= 4 is 87.4 Å². The molecule has 12 aromatic rings. The number of carbonyl (C=O) groups excluding carboxylic acids is 6. The van der Waals surface area contributed by atoms with E-state index in [0.717, 1.165) is 89.8 Å². The fraction of sp³-hybridized carbons (Fsp3) is 0.0854. The predicted octanol–water partition coefficient (Wildman–Crippen LogP) is 14.2. The maximum Gasteiger partial charge on any atom is 0.255 e. The van der Waals surface area contributed by atoms with Gasteiger partial charge in [-0.25, -0.2) is 29.9 Å². The van der Waals surface area contributed by atoms with Crippen molar-refractivity contribution in [3.63, 3.8) is 0 Å². The standard InChI is InChI=1S/C28H24N6O2.2C27H24N6O2/c1-3-26(35)34-16-21-8-7-19(13-22(21)17-34)27(36)31-23-9-6-18(2)25(14-23)33-28-30-12-10-24(32-28)20-5-4-11-29-15-20;2*1-3-25(34)30-16-19-7-9-20(10-8-19)26(35)31-22-11-6-18(2)24(15-22)33-27-29-14-12-23(32-27)21-5-4-13-28-17-21/h3-15H,1,16-17H2,2H3,(H,31,36)(H,30,32,33);2*3-15,17H,1,16H2,2H3,(H,30,34)(H,31,35)(H,29,32,33). The predicted molar refractivity (Wildman–Crippen MR) is 411 cm³/mol. The van der Waals surface area contributed by atoms with Crippen LogP contribution in [0.5, 0.6) is 0 Å². The maximum atomic E-state index is 13.0. The normalized spacial score (nSPS) is 10.9. The molecule has 6 aromatic heterocycles. The number of benzene rings is 6. The van der Waals surface area contributed by atoms with Gasteiger partial charge in [0.25, 0.3) is 17.7 Å². The summed E-state index contributed by atoms with van der Waals surface area (Å²) in [7, 11) is 0. The molecule has 7 heterocycles. The number of nitrogens with one attached hydrogen (secondary N) is 8. The molecule has 6 aromatic carbocycles. The Morgan fingerprint density at radius 3 is 1.10 bits per heavy atom. The van der Waals surface area contributed by atoms with Gasteiger partial charge >= 0.3 is 0 Å². The summed E-state index contributed by atoms with van der Waals surface area (Å²) < 4.78 is 0. The molecule has 0 saturated heterocycles. The van der Waals surface area contributed by atoms with Crippen molar-refractivity contribution in [1.82, 2.24) is 60.4 Å². The van der Waals surface area contributed by atoms with Crippen LogP contribution in [0.25, 0.3) is 33.8 Å². The number of rotatable bonds is 22. The Labute approximate surface area is 611 Å². The lowest BCUT2D eigenvalue weighted by atomic mass is 10.1. The molecule has 6 amide bonds. The SMILES string of the molecule is C=CC(=O)N1Cc2ccc(C(=O)Nc3ccc(C)c(Nc4nccc(-c5cccnc5)n4)c3)cc2C1.C=CC(=O)NCc1ccc(C(=O)Nc2ccc(C)c(Nc3nccc(-c4cccnc4)n3)c2)cc1.C=CC(=O)NCc1ccc(C(=O)Nc2ccc(C)c(Nc3nccc(-c4cccnc4)n3)c2)cc1. The van der Waals surface area contributed by atoms with Crippen molar-refractivity contribution in [3.05, 3.63) is 325 Å². The molecule has 24 heteroatoms.